The number of ether oxygens (including phenoxy) is 1. The fourth-order valence-electron chi connectivity index (χ4n) is 3.69. The van der Waals surface area contributed by atoms with E-state index in [0.29, 0.717) is 11.8 Å². The monoisotopic (exact) mass is 349 g/mol. The van der Waals surface area contributed by atoms with Gasteiger partial charge in [0.05, 0.1) is 0 Å². The highest BCUT2D eigenvalue weighted by Crippen LogP contribution is 2.27. The van der Waals surface area contributed by atoms with Crippen LogP contribution in [0.1, 0.15) is 117 Å². The zero-order valence-electron chi connectivity index (χ0n) is 17.1. The molecule has 0 radical (unpaired) electrons. The van der Waals surface area contributed by atoms with Crippen molar-refractivity contribution in [2.24, 2.45) is 5.92 Å². The highest BCUT2D eigenvalue weighted by molar-refractivity contribution is 5.10. The second-order valence-electron chi connectivity index (χ2n) is 7.71. The summed E-state index contributed by atoms with van der Waals surface area (Å²) >= 11 is 0. The molecule has 0 amide bonds. The number of hydrogen-bond donors (Lipinski definition) is 1. The fourth-order valence-corrected chi connectivity index (χ4v) is 3.69. The van der Waals surface area contributed by atoms with Gasteiger partial charge in [0.2, 0.25) is 0 Å². The summed E-state index contributed by atoms with van der Waals surface area (Å²) in [5.74, 6) is 2.32. The van der Waals surface area contributed by atoms with E-state index in [2.05, 4.69) is 25.7 Å². The Kier molecular flexibility index (Phi) is 13.6. The second-order valence-corrected chi connectivity index (χ2v) is 7.71. The quantitative estimate of drug-likeness (QED) is 0.270. The molecule has 1 unspecified atom stereocenters. The summed E-state index contributed by atoms with van der Waals surface area (Å²) in [6, 6.07) is 0. The predicted molar refractivity (Wildman–Crippen MR) is 110 cm³/mol. The Balaban J connectivity index is 1.83. The lowest BCUT2D eigenvalue weighted by atomic mass is 9.96. The predicted octanol–water partition coefficient (Wildman–Crippen LogP) is 7.82. The van der Waals surface area contributed by atoms with Crippen LogP contribution in [0.4, 0.5) is 0 Å². The van der Waals surface area contributed by atoms with Gasteiger partial charge in [-0.1, -0.05) is 104 Å². The highest BCUT2D eigenvalue weighted by Gasteiger charge is 2.18. The van der Waals surface area contributed by atoms with E-state index in [0.717, 1.165) is 12.2 Å². The lowest BCUT2D eigenvalue weighted by molar-refractivity contribution is 0.254. The second kappa shape index (κ2) is 15.3. The van der Waals surface area contributed by atoms with Crippen molar-refractivity contribution in [3.8, 4) is 0 Å². The molecule has 0 spiro atoms. The van der Waals surface area contributed by atoms with Gasteiger partial charge in [-0.3, -0.25) is 0 Å². The average molecular weight is 350 g/mol. The van der Waals surface area contributed by atoms with E-state index in [4.69, 9.17) is 4.74 Å². The van der Waals surface area contributed by atoms with Crippen LogP contribution in [-0.4, -0.2) is 0 Å². The van der Waals surface area contributed by atoms with E-state index in [1.807, 2.05) is 6.20 Å². The molecule has 0 aromatic carbocycles. The maximum absolute atomic E-state index is 5.64. The molecule has 0 aliphatic carbocycles. The van der Waals surface area contributed by atoms with Crippen LogP contribution in [0.25, 0.3) is 0 Å². The number of hydrogen-bond acceptors (Lipinski definition) is 2. The molecule has 0 saturated carbocycles. The van der Waals surface area contributed by atoms with Gasteiger partial charge in [0.15, 0.2) is 5.88 Å². The lowest BCUT2D eigenvalue weighted by Gasteiger charge is -2.15. The Morgan fingerprint density at radius 1 is 0.800 bits per heavy atom. The summed E-state index contributed by atoms with van der Waals surface area (Å²) in [5, 5.41) is 3.06. The van der Waals surface area contributed by atoms with Crippen LogP contribution < -0.4 is 5.32 Å². The molecular weight excluding hydrogens is 306 g/mol. The molecule has 2 nitrogen and oxygen atoms in total. The van der Waals surface area contributed by atoms with E-state index in [1.165, 1.54) is 96.3 Å². The van der Waals surface area contributed by atoms with Gasteiger partial charge in [0, 0.05) is 12.1 Å². The van der Waals surface area contributed by atoms with Crippen molar-refractivity contribution in [3.05, 3.63) is 24.4 Å². The molecule has 1 atom stereocenters. The number of unbranched alkanes of at least 4 members (excludes halogenated alkanes) is 13. The van der Waals surface area contributed by atoms with Gasteiger partial charge in [-0.15, -0.1) is 0 Å². The SMILES string of the molecule is C=C1NC=C(C(CC)CCCCCCCCCCCCCCCC)O1. The minimum atomic E-state index is 0.559. The molecule has 1 aliphatic rings. The molecule has 0 aromatic heterocycles. The smallest absolute Gasteiger partial charge is 0.189 e. The Morgan fingerprint density at radius 3 is 1.68 bits per heavy atom. The maximum Gasteiger partial charge on any atom is 0.189 e. The molecule has 0 fully saturated rings. The van der Waals surface area contributed by atoms with Crippen molar-refractivity contribution in [2.75, 3.05) is 0 Å². The highest BCUT2D eigenvalue weighted by atomic mass is 16.5. The van der Waals surface area contributed by atoms with Crippen molar-refractivity contribution < 1.29 is 4.74 Å². The van der Waals surface area contributed by atoms with Crippen LogP contribution in [0.2, 0.25) is 0 Å². The van der Waals surface area contributed by atoms with Crippen molar-refractivity contribution in [2.45, 2.75) is 117 Å². The lowest BCUT2D eigenvalue weighted by Crippen LogP contribution is -2.03. The van der Waals surface area contributed by atoms with Crippen LogP contribution in [0.15, 0.2) is 24.4 Å². The van der Waals surface area contributed by atoms with Crippen molar-refractivity contribution in [1.29, 1.82) is 0 Å². The topological polar surface area (TPSA) is 21.3 Å². The number of nitrogens with one attached hydrogen (secondary N) is 1. The third kappa shape index (κ3) is 11.3. The standard InChI is InChI=1S/C23H43NO/c1-4-6-7-8-9-10-11-12-13-14-15-16-17-18-19-22(5-2)23-20-24-21(3)25-23/h20,22,24H,3-19H2,1-2H3. The van der Waals surface area contributed by atoms with E-state index < -0.39 is 0 Å². The first kappa shape index (κ1) is 22.1. The van der Waals surface area contributed by atoms with Crippen molar-refractivity contribution >= 4 is 0 Å². The Bertz CT molecular complexity index is 361. The Labute approximate surface area is 157 Å². The van der Waals surface area contributed by atoms with Crippen LogP contribution in [0.5, 0.6) is 0 Å². The van der Waals surface area contributed by atoms with Crippen LogP contribution in [-0.2, 0) is 4.74 Å². The van der Waals surface area contributed by atoms with Crippen LogP contribution in [0, 0.1) is 5.92 Å². The minimum Gasteiger partial charge on any atom is -0.444 e. The van der Waals surface area contributed by atoms with E-state index in [-0.39, 0.29) is 0 Å². The zero-order chi connectivity index (χ0) is 18.2. The molecule has 1 heterocycles. The van der Waals surface area contributed by atoms with Crippen molar-refractivity contribution in [1.82, 2.24) is 5.32 Å². The average Bonchev–Trinajstić information content (AvgIpc) is 3.04. The molecule has 146 valence electrons. The van der Waals surface area contributed by atoms with E-state index in [9.17, 15) is 0 Å². The van der Waals surface area contributed by atoms with Gasteiger partial charge in [-0.2, -0.15) is 0 Å². The van der Waals surface area contributed by atoms with E-state index in [1.54, 1.807) is 0 Å². The first-order chi connectivity index (χ1) is 12.3. The summed E-state index contributed by atoms with van der Waals surface area (Å²) < 4.78 is 5.64. The molecule has 2 heteroatoms. The van der Waals surface area contributed by atoms with E-state index >= 15 is 0 Å². The van der Waals surface area contributed by atoms with Gasteiger partial charge >= 0.3 is 0 Å². The third-order valence-corrected chi connectivity index (χ3v) is 5.42. The molecule has 0 bridgehead atoms. The summed E-state index contributed by atoms with van der Waals surface area (Å²) in [4.78, 5) is 0. The molecule has 25 heavy (non-hydrogen) atoms. The zero-order valence-corrected chi connectivity index (χ0v) is 17.1. The Morgan fingerprint density at radius 2 is 1.28 bits per heavy atom. The van der Waals surface area contributed by atoms with Gasteiger partial charge in [0.25, 0.3) is 0 Å². The van der Waals surface area contributed by atoms with Gasteiger partial charge in [-0.25, -0.2) is 0 Å². The molecule has 1 rings (SSSR count). The number of rotatable bonds is 17. The first-order valence-electron chi connectivity index (χ1n) is 11.1. The molecule has 0 saturated heterocycles. The van der Waals surface area contributed by atoms with Gasteiger partial charge in [-0.05, 0) is 19.4 Å². The van der Waals surface area contributed by atoms with Gasteiger partial charge in [0.1, 0.15) is 5.76 Å². The normalized spacial score (nSPS) is 15.0. The summed E-state index contributed by atoms with van der Waals surface area (Å²) in [6.45, 7) is 8.35. The van der Waals surface area contributed by atoms with Gasteiger partial charge < -0.3 is 10.1 Å². The molecular formula is C23H43NO. The molecule has 0 aromatic rings. The van der Waals surface area contributed by atoms with Crippen LogP contribution >= 0.6 is 0 Å². The number of allylic oxidation sites excluding steroid dienone is 1. The Hall–Kier alpha value is -0.920. The first-order valence-corrected chi connectivity index (χ1v) is 11.1. The minimum absolute atomic E-state index is 0.559. The molecule has 1 aliphatic heterocycles. The maximum atomic E-state index is 5.64. The van der Waals surface area contributed by atoms with Crippen LogP contribution in [0.3, 0.4) is 0 Å². The largest absolute Gasteiger partial charge is 0.444 e. The summed E-state index contributed by atoms with van der Waals surface area (Å²) in [7, 11) is 0. The molecule has 1 N–H and O–H groups in total. The summed E-state index contributed by atoms with van der Waals surface area (Å²) in [6.07, 6.45) is 24.3. The van der Waals surface area contributed by atoms with Crippen molar-refractivity contribution in [3.63, 3.8) is 0 Å². The fraction of sp³-hybridized carbons (Fsp3) is 0.826. The summed E-state index contributed by atoms with van der Waals surface area (Å²) in [5.41, 5.74) is 0. The third-order valence-electron chi connectivity index (χ3n) is 5.42.